The van der Waals surface area contributed by atoms with Crippen molar-refractivity contribution in [2.75, 3.05) is 4.72 Å². The molecule has 2 N–H and O–H groups in total. The number of aryl methyl sites for hydroxylation is 1. The van der Waals surface area contributed by atoms with Crippen molar-refractivity contribution in [2.45, 2.75) is 32.2 Å². The minimum absolute atomic E-state index is 0.0446. The van der Waals surface area contributed by atoms with E-state index in [-0.39, 0.29) is 26.2 Å². The molecule has 0 unspecified atom stereocenters. The van der Waals surface area contributed by atoms with Gasteiger partial charge in [-0.2, -0.15) is 0 Å². The Morgan fingerprint density at radius 3 is 2.56 bits per heavy atom. The number of halogens is 2. The van der Waals surface area contributed by atoms with Gasteiger partial charge in [0.05, 0.1) is 20.9 Å². The number of sulfonamides is 1. The van der Waals surface area contributed by atoms with E-state index in [1.807, 2.05) is 13.8 Å². The van der Waals surface area contributed by atoms with Gasteiger partial charge in [0, 0.05) is 12.2 Å². The fourth-order valence-electron chi connectivity index (χ4n) is 2.82. The fourth-order valence-corrected chi connectivity index (χ4v) is 4.79. The van der Waals surface area contributed by atoms with Crippen LogP contribution >= 0.6 is 23.2 Å². The van der Waals surface area contributed by atoms with Crippen LogP contribution in [0.3, 0.4) is 0 Å². The number of H-pyrrole nitrogens is 1. The van der Waals surface area contributed by atoms with E-state index in [2.05, 4.69) is 9.82 Å². The zero-order chi connectivity index (χ0) is 19.9. The van der Waals surface area contributed by atoms with Crippen molar-refractivity contribution < 1.29 is 8.42 Å². The van der Waals surface area contributed by atoms with Crippen molar-refractivity contribution in [1.29, 1.82) is 0 Å². The van der Waals surface area contributed by atoms with Crippen molar-refractivity contribution in [1.82, 2.24) is 9.78 Å². The average molecular weight is 428 g/mol. The molecule has 0 amide bonds. The van der Waals surface area contributed by atoms with E-state index in [1.165, 1.54) is 16.8 Å². The number of hydrogen-bond donors (Lipinski definition) is 2. The molecule has 0 fully saturated rings. The lowest BCUT2D eigenvalue weighted by atomic mass is 10.2. The molecule has 1 aromatic heterocycles. The highest BCUT2D eigenvalue weighted by Crippen LogP contribution is 2.32. The summed E-state index contributed by atoms with van der Waals surface area (Å²) in [5, 5.41) is 3.55. The van der Waals surface area contributed by atoms with E-state index in [1.54, 1.807) is 25.1 Å². The Morgan fingerprint density at radius 1 is 1.19 bits per heavy atom. The van der Waals surface area contributed by atoms with Crippen LogP contribution in [0.4, 0.5) is 5.69 Å². The zero-order valence-corrected chi connectivity index (χ0v) is 17.3. The maximum absolute atomic E-state index is 12.8. The van der Waals surface area contributed by atoms with Crippen LogP contribution in [-0.4, -0.2) is 18.2 Å². The van der Waals surface area contributed by atoms with Crippen LogP contribution in [0.5, 0.6) is 0 Å². The van der Waals surface area contributed by atoms with Gasteiger partial charge in [-0.05, 0) is 48.7 Å². The molecule has 1 heterocycles. The first-order valence-corrected chi connectivity index (χ1v) is 10.5. The largest absolute Gasteiger partial charge is 0.295 e. The highest BCUT2D eigenvalue weighted by Gasteiger charge is 2.21. The van der Waals surface area contributed by atoms with E-state index < -0.39 is 10.0 Å². The van der Waals surface area contributed by atoms with Gasteiger partial charge in [0.2, 0.25) is 0 Å². The van der Waals surface area contributed by atoms with Gasteiger partial charge in [0.25, 0.3) is 15.6 Å². The first-order valence-electron chi connectivity index (χ1n) is 8.29. The quantitative estimate of drug-likeness (QED) is 0.632. The van der Waals surface area contributed by atoms with Gasteiger partial charge in [0.15, 0.2) is 0 Å². The predicted octanol–water partition coefficient (Wildman–Crippen LogP) is 4.40. The molecule has 0 bridgehead atoms. The molecule has 27 heavy (non-hydrogen) atoms. The number of aromatic amines is 1. The maximum atomic E-state index is 12.8. The number of fused-ring (bicyclic) bond motifs is 1. The second-order valence-electron chi connectivity index (χ2n) is 6.85. The Bertz CT molecular complexity index is 1180. The molecule has 0 radical (unpaired) electrons. The topological polar surface area (TPSA) is 84.0 Å². The number of anilines is 1. The van der Waals surface area contributed by atoms with Gasteiger partial charge in [-0.3, -0.25) is 19.3 Å². The van der Waals surface area contributed by atoms with Crippen molar-refractivity contribution in [3.05, 3.63) is 56.3 Å². The summed E-state index contributed by atoms with van der Waals surface area (Å²) in [6.45, 7) is 6.29. The normalized spacial score (nSPS) is 12.1. The van der Waals surface area contributed by atoms with Crippen LogP contribution in [-0.2, 0) is 16.6 Å². The summed E-state index contributed by atoms with van der Waals surface area (Å²) >= 11 is 12.1. The minimum atomic E-state index is -3.97. The lowest BCUT2D eigenvalue weighted by molar-refractivity contribution is 0.476. The molecule has 0 aliphatic rings. The molecule has 9 heteroatoms. The summed E-state index contributed by atoms with van der Waals surface area (Å²) in [4.78, 5) is 12.4. The number of rotatable bonds is 5. The second kappa shape index (κ2) is 7.22. The minimum Gasteiger partial charge on any atom is -0.295 e. The van der Waals surface area contributed by atoms with Gasteiger partial charge < -0.3 is 0 Å². The number of hydrogen-bond acceptors (Lipinski definition) is 3. The van der Waals surface area contributed by atoms with Crippen LogP contribution in [0.2, 0.25) is 10.0 Å². The second-order valence-corrected chi connectivity index (χ2v) is 9.28. The molecule has 3 rings (SSSR count). The predicted molar refractivity (Wildman–Crippen MR) is 109 cm³/mol. The van der Waals surface area contributed by atoms with Gasteiger partial charge in [-0.25, -0.2) is 8.42 Å². The lowest BCUT2D eigenvalue weighted by Crippen LogP contribution is -2.19. The molecule has 3 aromatic rings. The Morgan fingerprint density at radius 2 is 1.89 bits per heavy atom. The average Bonchev–Trinajstić information content (AvgIpc) is 2.86. The molecular formula is C18H19Cl2N3O3S. The van der Waals surface area contributed by atoms with Crippen LogP contribution in [0.25, 0.3) is 10.9 Å². The number of nitrogens with one attached hydrogen (secondary N) is 2. The first-order chi connectivity index (χ1) is 12.6. The molecule has 0 aliphatic heterocycles. The summed E-state index contributed by atoms with van der Waals surface area (Å²) in [6.07, 6.45) is 0. The van der Waals surface area contributed by atoms with Crippen molar-refractivity contribution >= 4 is 49.8 Å². The van der Waals surface area contributed by atoms with Crippen LogP contribution in [0, 0.1) is 12.8 Å². The third kappa shape index (κ3) is 4.00. The summed E-state index contributed by atoms with van der Waals surface area (Å²) in [5.74, 6) is 0.293. The van der Waals surface area contributed by atoms with Gasteiger partial charge in [-0.1, -0.05) is 37.0 Å². The molecule has 0 saturated carbocycles. The molecule has 0 atom stereocenters. The number of nitrogens with zero attached hydrogens (tertiary/aromatic N) is 1. The summed E-state index contributed by atoms with van der Waals surface area (Å²) in [6, 6.07) is 7.79. The van der Waals surface area contributed by atoms with E-state index in [0.717, 1.165) is 0 Å². The molecule has 0 aliphatic carbocycles. The first kappa shape index (κ1) is 19.8. The third-order valence-corrected chi connectivity index (χ3v) is 6.30. The smallest absolute Gasteiger partial charge is 0.274 e. The summed E-state index contributed by atoms with van der Waals surface area (Å²) in [5.41, 5.74) is 1.38. The van der Waals surface area contributed by atoms with Crippen molar-refractivity contribution in [3.8, 4) is 0 Å². The number of benzene rings is 2. The van der Waals surface area contributed by atoms with Crippen LogP contribution in [0.15, 0.2) is 40.0 Å². The van der Waals surface area contributed by atoms with E-state index >= 15 is 0 Å². The Balaban J connectivity index is 2.01. The molecule has 0 spiro atoms. The molecular weight excluding hydrogens is 409 g/mol. The van der Waals surface area contributed by atoms with Gasteiger partial charge in [-0.15, -0.1) is 0 Å². The molecule has 0 saturated heterocycles. The maximum Gasteiger partial charge on any atom is 0.274 e. The van der Waals surface area contributed by atoms with E-state index in [9.17, 15) is 13.2 Å². The standard InChI is InChI=1S/C18H19Cl2N3O3S/c1-10(2)9-23-18(24)13-8-12(4-5-15(13)21-23)22-27(25,26)16-7-11(3)6-14(19)17(16)20/h4-8,10,21-22H,9H2,1-3H3. The van der Waals surface area contributed by atoms with Gasteiger partial charge in [0.1, 0.15) is 4.90 Å². The van der Waals surface area contributed by atoms with E-state index in [4.69, 9.17) is 23.2 Å². The third-order valence-electron chi connectivity index (χ3n) is 3.98. The van der Waals surface area contributed by atoms with Crippen molar-refractivity contribution in [3.63, 3.8) is 0 Å². The summed E-state index contributed by atoms with van der Waals surface area (Å²) < 4.78 is 29.5. The van der Waals surface area contributed by atoms with Crippen LogP contribution < -0.4 is 10.3 Å². The molecule has 144 valence electrons. The van der Waals surface area contributed by atoms with Crippen LogP contribution in [0.1, 0.15) is 19.4 Å². The lowest BCUT2D eigenvalue weighted by Gasteiger charge is -2.11. The number of aromatic nitrogens is 2. The highest BCUT2D eigenvalue weighted by molar-refractivity contribution is 7.92. The molecule has 6 nitrogen and oxygen atoms in total. The highest BCUT2D eigenvalue weighted by atomic mass is 35.5. The van der Waals surface area contributed by atoms with E-state index in [0.29, 0.717) is 28.9 Å². The molecule has 2 aromatic carbocycles. The Hall–Kier alpha value is -1.96. The Kier molecular flexibility index (Phi) is 5.29. The summed E-state index contributed by atoms with van der Waals surface area (Å²) in [7, 11) is -3.97. The Labute approximate surface area is 167 Å². The van der Waals surface area contributed by atoms with Crippen molar-refractivity contribution in [2.24, 2.45) is 5.92 Å². The monoisotopic (exact) mass is 427 g/mol. The fraction of sp³-hybridized carbons (Fsp3) is 0.278. The SMILES string of the molecule is Cc1cc(Cl)c(Cl)c(S(=O)(=O)Nc2ccc3[nH]n(CC(C)C)c(=O)c3c2)c1. The zero-order valence-electron chi connectivity index (χ0n) is 15.0. The van der Waals surface area contributed by atoms with Gasteiger partial charge >= 0.3 is 0 Å².